The van der Waals surface area contributed by atoms with E-state index in [4.69, 9.17) is 0 Å². The zero-order valence-electron chi connectivity index (χ0n) is 11.2. The first-order chi connectivity index (χ1) is 9.72. The number of aromatic amines is 1. The highest BCUT2D eigenvalue weighted by Gasteiger charge is 2.41. The fourth-order valence-corrected chi connectivity index (χ4v) is 5.03. The number of nitrogens with one attached hydrogen (secondary N) is 1. The molecule has 1 N–H and O–H groups in total. The fourth-order valence-electron chi connectivity index (χ4n) is 2.91. The molecule has 0 spiro atoms. The van der Waals surface area contributed by atoms with E-state index in [2.05, 4.69) is 4.98 Å². The maximum atomic E-state index is 12.2. The van der Waals surface area contributed by atoms with Crippen LogP contribution in [0, 0.1) is 10.1 Å². The first-order valence-electron chi connectivity index (χ1n) is 6.32. The van der Waals surface area contributed by atoms with E-state index in [1.54, 1.807) is 6.92 Å². The number of nitro groups is 1. The Morgan fingerprint density at radius 2 is 2.14 bits per heavy atom. The summed E-state index contributed by atoms with van der Waals surface area (Å²) in [5.41, 5.74) is -0.668. The minimum absolute atomic E-state index is 0.0114. The molecule has 1 aromatic carbocycles. The molecule has 21 heavy (non-hydrogen) atoms. The van der Waals surface area contributed by atoms with E-state index in [1.807, 2.05) is 0 Å². The van der Waals surface area contributed by atoms with E-state index in [9.17, 15) is 23.3 Å². The molecule has 0 radical (unpaired) electrons. The summed E-state index contributed by atoms with van der Waals surface area (Å²) in [5.74, 6) is -0.132. The zero-order chi connectivity index (χ0) is 15.4. The second-order valence-corrected chi connectivity index (χ2v) is 7.75. The van der Waals surface area contributed by atoms with Gasteiger partial charge in [-0.1, -0.05) is 0 Å². The molecule has 0 unspecified atom stereocenters. The van der Waals surface area contributed by atoms with E-state index < -0.39 is 26.0 Å². The first kappa shape index (κ1) is 13.8. The average molecular weight is 311 g/mol. The van der Waals surface area contributed by atoms with Crippen LogP contribution in [0.4, 0.5) is 5.69 Å². The van der Waals surface area contributed by atoms with Gasteiger partial charge < -0.3 is 4.98 Å². The molecule has 0 bridgehead atoms. The van der Waals surface area contributed by atoms with Gasteiger partial charge in [-0.15, -0.1) is 0 Å². The number of nitrogens with zero attached hydrogens (tertiary/aromatic N) is 2. The van der Waals surface area contributed by atoms with Gasteiger partial charge in [0.1, 0.15) is 0 Å². The molecule has 1 aliphatic rings. The Morgan fingerprint density at radius 1 is 1.43 bits per heavy atom. The third kappa shape index (κ3) is 2.13. The van der Waals surface area contributed by atoms with Crippen LogP contribution in [-0.2, 0) is 15.4 Å². The summed E-state index contributed by atoms with van der Waals surface area (Å²) in [4.78, 5) is 25.1. The van der Waals surface area contributed by atoms with Gasteiger partial charge in [-0.25, -0.2) is 13.2 Å². The molecule has 1 aromatic heterocycles. The van der Waals surface area contributed by atoms with Gasteiger partial charge in [0.05, 0.1) is 33.0 Å². The molecule has 1 aliphatic heterocycles. The molecule has 3 rings (SSSR count). The Balaban J connectivity index is 2.27. The second-order valence-electron chi connectivity index (χ2n) is 5.56. The molecule has 9 heteroatoms. The third-order valence-corrected chi connectivity index (χ3v) is 5.79. The molecule has 0 aliphatic carbocycles. The van der Waals surface area contributed by atoms with Crippen LogP contribution in [0.25, 0.3) is 11.0 Å². The number of hydrogen-bond donors (Lipinski definition) is 1. The fraction of sp³-hybridized carbons (Fsp3) is 0.417. The van der Waals surface area contributed by atoms with Crippen molar-refractivity contribution >= 4 is 26.6 Å². The lowest BCUT2D eigenvalue weighted by Crippen LogP contribution is -2.38. The molecule has 2 heterocycles. The molecule has 8 nitrogen and oxygen atoms in total. The molecule has 1 fully saturated rings. The van der Waals surface area contributed by atoms with Crippen molar-refractivity contribution in [2.45, 2.75) is 18.9 Å². The average Bonchev–Trinajstić information content (AvgIpc) is 2.84. The lowest BCUT2D eigenvalue weighted by molar-refractivity contribution is -0.384. The molecular formula is C12H13N3O5S. The Labute approximate surface area is 119 Å². The van der Waals surface area contributed by atoms with Crippen molar-refractivity contribution in [1.82, 2.24) is 9.55 Å². The molecule has 1 atom stereocenters. The number of H-pyrrole nitrogens is 1. The zero-order valence-corrected chi connectivity index (χ0v) is 12.0. The summed E-state index contributed by atoms with van der Waals surface area (Å²) in [6.45, 7) is 1.69. The van der Waals surface area contributed by atoms with Crippen LogP contribution in [0.5, 0.6) is 0 Å². The largest absolute Gasteiger partial charge is 0.327 e. The highest BCUT2D eigenvalue weighted by Crippen LogP contribution is 2.32. The standard InChI is InChI=1S/C12H13N3O5S/c1-12(4-5-21(19,20)7-12)14-10-6-8(15(17)18)2-3-9(10)13-11(14)16/h2-3,6H,4-5,7H2,1H3,(H,13,16)/t12-/m0/s1. The lowest BCUT2D eigenvalue weighted by atomic mass is 10.0. The molecule has 1 saturated heterocycles. The summed E-state index contributed by atoms with van der Waals surface area (Å²) in [6, 6.07) is 4.05. The molecule has 2 aromatic rings. The van der Waals surface area contributed by atoms with E-state index in [0.29, 0.717) is 17.5 Å². The Kier molecular flexibility index (Phi) is 2.74. The highest BCUT2D eigenvalue weighted by molar-refractivity contribution is 7.91. The lowest BCUT2D eigenvalue weighted by Gasteiger charge is -2.23. The van der Waals surface area contributed by atoms with Crippen molar-refractivity contribution < 1.29 is 13.3 Å². The van der Waals surface area contributed by atoms with E-state index >= 15 is 0 Å². The van der Waals surface area contributed by atoms with E-state index in [1.165, 1.54) is 22.8 Å². The van der Waals surface area contributed by atoms with Gasteiger partial charge in [-0.3, -0.25) is 14.7 Å². The SMILES string of the molecule is C[C@]1(n2c(=O)[nH]c3ccc([N+](=O)[O-])cc32)CCS(=O)(=O)C1. The Hall–Kier alpha value is -2.16. The quantitative estimate of drug-likeness (QED) is 0.649. The van der Waals surface area contributed by atoms with Gasteiger partial charge in [-0.05, 0) is 19.4 Å². The number of sulfone groups is 1. The van der Waals surface area contributed by atoms with Crippen molar-refractivity contribution in [1.29, 1.82) is 0 Å². The topological polar surface area (TPSA) is 115 Å². The van der Waals surface area contributed by atoms with Crippen molar-refractivity contribution in [3.05, 3.63) is 38.8 Å². The smallest absolute Gasteiger partial charge is 0.306 e. The Morgan fingerprint density at radius 3 is 2.71 bits per heavy atom. The summed E-state index contributed by atoms with van der Waals surface area (Å²) < 4.78 is 24.8. The van der Waals surface area contributed by atoms with Gasteiger partial charge in [0.25, 0.3) is 5.69 Å². The normalized spacial score (nSPS) is 24.4. The number of hydrogen-bond acceptors (Lipinski definition) is 5. The summed E-state index contributed by atoms with van der Waals surface area (Å²) in [7, 11) is -3.20. The van der Waals surface area contributed by atoms with Crippen molar-refractivity contribution in [2.24, 2.45) is 0 Å². The number of rotatable bonds is 2. The predicted molar refractivity (Wildman–Crippen MR) is 76.1 cm³/mol. The first-order valence-corrected chi connectivity index (χ1v) is 8.14. The second kappa shape index (κ2) is 4.17. The van der Waals surface area contributed by atoms with Crippen LogP contribution in [0.15, 0.2) is 23.0 Å². The molecule has 0 amide bonds. The van der Waals surface area contributed by atoms with Crippen LogP contribution >= 0.6 is 0 Å². The Bertz CT molecular complexity index is 911. The third-order valence-electron chi connectivity index (χ3n) is 3.90. The minimum atomic E-state index is -3.20. The number of non-ortho nitro benzene ring substituents is 1. The number of nitro benzene ring substituents is 1. The van der Waals surface area contributed by atoms with Gasteiger partial charge in [0, 0.05) is 12.1 Å². The maximum absolute atomic E-state index is 12.2. The number of benzene rings is 1. The minimum Gasteiger partial charge on any atom is -0.306 e. The van der Waals surface area contributed by atoms with Gasteiger partial charge in [0.15, 0.2) is 9.84 Å². The van der Waals surface area contributed by atoms with E-state index in [0.717, 1.165) is 0 Å². The monoisotopic (exact) mass is 311 g/mol. The summed E-state index contributed by atoms with van der Waals surface area (Å²) in [5, 5.41) is 10.9. The molecule has 112 valence electrons. The van der Waals surface area contributed by atoms with Gasteiger partial charge >= 0.3 is 5.69 Å². The summed E-state index contributed by atoms with van der Waals surface area (Å²) >= 11 is 0. The molecular weight excluding hydrogens is 298 g/mol. The van der Waals surface area contributed by atoms with Crippen molar-refractivity contribution in [3.63, 3.8) is 0 Å². The van der Waals surface area contributed by atoms with Crippen LogP contribution in [-0.4, -0.2) is 34.4 Å². The van der Waals surface area contributed by atoms with Crippen LogP contribution in [0.2, 0.25) is 0 Å². The van der Waals surface area contributed by atoms with Crippen molar-refractivity contribution in [2.75, 3.05) is 11.5 Å². The number of aromatic nitrogens is 2. The predicted octanol–water partition coefficient (Wildman–Crippen LogP) is 0.772. The maximum Gasteiger partial charge on any atom is 0.327 e. The van der Waals surface area contributed by atoms with Crippen LogP contribution in [0.1, 0.15) is 13.3 Å². The van der Waals surface area contributed by atoms with Crippen LogP contribution < -0.4 is 5.69 Å². The highest BCUT2D eigenvalue weighted by atomic mass is 32.2. The van der Waals surface area contributed by atoms with Gasteiger partial charge in [0.2, 0.25) is 0 Å². The van der Waals surface area contributed by atoms with Gasteiger partial charge in [-0.2, -0.15) is 0 Å². The van der Waals surface area contributed by atoms with Crippen molar-refractivity contribution in [3.8, 4) is 0 Å². The number of fused-ring (bicyclic) bond motifs is 1. The number of imidazole rings is 1. The molecule has 0 saturated carbocycles. The van der Waals surface area contributed by atoms with Crippen LogP contribution in [0.3, 0.4) is 0 Å². The summed E-state index contributed by atoms with van der Waals surface area (Å²) in [6.07, 6.45) is 0.310. The van der Waals surface area contributed by atoms with E-state index in [-0.39, 0.29) is 17.2 Å².